The summed E-state index contributed by atoms with van der Waals surface area (Å²) in [5.74, 6) is 0.661. The molecular formula is C15H13ClO3. The molecule has 98 valence electrons. The van der Waals surface area contributed by atoms with Crippen LogP contribution in [0.1, 0.15) is 10.4 Å². The Bertz CT molecular complexity index is 581. The van der Waals surface area contributed by atoms with E-state index in [-0.39, 0.29) is 6.79 Å². The summed E-state index contributed by atoms with van der Waals surface area (Å²) >= 11 is 6.19. The second-order valence-corrected chi connectivity index (χ2v) is 4.31. The van der Waals surface area contributed by atoms with Crippen molar-refractivity contribution in [1.82, 2.24) is 0 Å². The molecule has 0 heterocycles. The molecule has 0 aliphatic rings. The molecule has 0 radical (unpaired) electrons. The van der Waals surface area contributed by atoms with Crippen LogP contribution in [0.2, 0.25) is 5.02 Å². The molecule has 0 aliphatic heterocycles. The molecule has 0 amide bonds. The Balaban J connectivity index is 2.48. The molecule has 0 aliphatic carbocycles. The largest absolute Gasteiger partial charge is 0.467 e. The number of methoxy groups -OCH3 is 1. The van der Waals surface area contributed by atoms with Gasteiger partial charge in [-0.3, -0.25) is 4.79 Å². The summed E-state index contributed by atoms with van der Waals surface area (Å²) in [6, 6.07) is 12.6. The Morgan fingerprint density at radius 1 is 1.16 bits per heavy atom. The molecule has 0 unspecified atom stereocenters. The quantitative estimate of drug-likeness (QED) is 0.615. The van der Waals surface area contributed by atoms with E-state index in [0.717, 1.165) is 17.4 Å². The highest BCUT2D eigenvalue weighted by atomic mass is 35.5. The van der Waals surface area contributed by atoms with E-state index >= 15 is 0 Å². The van der Waals surface area contributed by atoms with Crippen LogP contribution in [-0.2, 0) is 4.74 Å². The zero-order chi connectivity index (χ0) is 13.7. The van der Waals surface area contributed by atoms with Crippen molar-refractivity contribution in [2.24, 2.45) is 0 Å². The number of rotatable bonds is 5. The van der Waals surface area contributed by atoms with Gasteiger partial charge in [-0.25, -0.2) is 0 Å². The highest BCUT2D eigenvalue weighted by molar-refractivity contribution is 6.33. The Morgan fingerprint density at radius 3 is 2.68 bits per heavy atom. The lowest BCUT2D eigenvalue weighted by molar-refractivity contribution is 0.0515. The number of hydrogen-bond acceptors (Lipinski definition) is 3. The SMILES string of the molecule is COCOc1ccccc1-c1cc(C=O)ccc1Cl. The molecule has 19 heavy (non-hydrogen) atoms. The molecule has 0 spiro atoms. The molecule has 2 aromatic carbocycles. The summed E-state index contributed by atoms with van der Waals surface area (Å²) in [5, 5.41) is 0.569. The van der Waals surface area contributed by atoms with Gasteiger partial charge in [0.1, 0.15) is 12.0 Å². The van der Waals surface area contributed by atoms with Gasteiger partial charge in [0.25, 0.3) is 0 Å². The molecule has 0 bridgehead atoms. The van der Waals surface area contributed by atoms with E-state index in [4.69, 9.17) is 21.1 Å². The fourth-order valence-electron chi connectivity index (χ4n) is 1.76. The molecular weight excluding hydrogens is 264 g/mol. The lowest BCUT2D eigenvalue weighted by atomic mass is 10.0. The first kappa shape index (κ1) is 13.6. The average Bonchev–Trinajstić information content (AvgIpc) is 2.46. The van der Waals surface area contributed by atoms with Crippen molar-refractivity contribution in [2.45, 2.75) is 0 Å². The van der Waals surface area contributed by atoms with Crippen LogP contribution < -0.4 is 4.74 Å². The standard InChI is InChI=1S/C15H13ClO3/c1-18-10-19-15-5-3-2-4-12(15)13-8-11(9-17)6-7-14(13)16/h2-9H,10H2,1H3. The summed E-state index contributed by atoms with van der Waals surface area (Å²) in [5.41, 5.74) is 2.16. The van der Waals surface area contributed by atoms with Crippen LogP contribution in [-0.4, -0.2) is 20.2 Å². The lowest BCUT2D eigenvalue weighted by Gasteiger charge is -2.12. The minimum absolute atomic E-state index is 0.155. The normalized spacial score (nSPS) is 10.2. The van der Waals surface area contributed by atoms with Crippen LogP contribution in [0, 0.1) is 0 Å². The van der Waals surface area contributed by atoms with Crippen molar-refractivity contribution < 1.29 is 14.3 Å². The second kappa shape index (κ2) is 6.36. The van der Waals surface area contributed by atoms with Gasteiger partial charge in [-0.2, -0.15) is 0 Å². The number of aldehydes is 1. The number of hydrogen-bond donors (Lipinski definition) is 0. The summed E-state index contributed by atoms with van der Waals surface area (Å²) in [7, 11) is 1.56. The first-order valence-corrected chi connectivity index (χ1v) is 6.10. The molecule has 2 aromatic rings. The van der Waals surface area contributed by atoms with Gasteiger partial charge in [-0.05, 0) is 18.2 Å². The van der Waals surface area contributed by atoms with Gasteiger partial charge in [0, 0.05) is 28.8 Å². The fraction of sp³-hybridized carbons (Fsp3) is 0.133. The predicted molar refractivity (Wildman–Crippen MR) is 74.8 cm³/mol. The van der Waals surface area contributed by atoms with Crippen LogP contribution in [0.3, 0.4) is 0 Å². The van der Waals surface area contributed by atoms with E-state index in [1.54, 1.807) is 25.3 Å². The van der Waals surface area contributed by atoms with Gasteiger partial charge >= 0.3 is 0 Å². The lowest BCUT2D eigenvalue weighted by Crippen LogP contribution is -2.00. The number of carbonyl (C=O) groups excluding carboxylic acids is 1. The highest BCUT2D eigenvalue weighted by Crippen LogP contribution is 2.35. The molecule has 0 fully saturated rings. The van der Waals surface area contributed by atoms with Crippen molar-refractivity contribution in [1.29, 1.82) is 0 Å². The number of benzene rings is 2. The molecule has 0 atom stereocenters. The van der Waals surface area contributed by atoms with Crippen molar-refractivity contribution in [3.8, 4) is 16.9 Å². The van der Waals surface area contributed by atoms with Crippen LogP contribution in [0.4, 0.5) is 0 Å². The van der Waals surface area contributed by atoms with Gasteiger partial charge in [-0.15, -0.1) is 0 Å². The minimum atomic E-state index is 0.155. The maximum absolute atomic E-state index is 10.9. The Labute approximate surface area is 116 Å². The number of halogens is 1. The van der Waals surface area contributed by atoms with Crippen LogP contribution >= 0.6 is 11.6 Å². The van der Waals surface area contributed by atoms with Gasteiger partial charge in [-0.1, -0.05) is 35.9 Å². The van der Waals surface area contributed by atoms with Crippen LogP contribution in [0.15, 0.2) is 42.5 Å². The van der Waals surface area contributed by atoms with E-state index in [0.29, 0.717) is 16.3 Å². The molecule has 0 aromatic heterocycles. The fourth-order valence-corrected chi connectivity index (χ4v) is 1.98. The van der Waals surface area contributed by atoms with Crippen molar-refractivity contribution >= 4 is 17.9 Å². The molecule has 0 N–H and O–H groups in total. The zero-order valence-corrected chi connectivity index (χ0v) is 11.2. The van der Waals surface area contributed by atoms with Gasteiger partial charge in [0.05, 0.1) is 0 Å². The highest BCUT2D eigenvalue weighted by Gasteiger charge is 2.10. The van der Waals surface area contributed by atoms with E-state index in [9.17, 15) is 4.79 Å². The van der Waals surface area contributed by atoms with Crippen LogP contribution in [0.5, 0.6) is 5.75 Å². The maximum atomic E-state index is 10.9. The Hall–Kier alpha value is -1.84. The van der Waals surface area contributed by atoms with E-state index < -0.39 is 0 Å². The summed E-state index contributed by atoms with van der Waals surface area (Å²) in [6.45, 7) is 0.155. The van der Waals surface area contributed by atoms with E-state index in [1.165, 1.54) is 0 Å². The predicted octanol–water partition coefficient (Wildman–Crippen LogP) is 3.80. The molecule has 2 rings (SSSR count). The third-order valence-electron chi connectivity index (χ3n) is 2.64. The molecule has 0 saturated carbocycles. The topological polar surface area (TPSA) is 35.5 Å². The number of ether oxygens (including phenoxy) is 2. The molecule has 3 nitrogen and oxygen atoms in total. The third-order valence-corrected chi connectivity index (χ3v) is 2.97. The third kappa shape index (κ3) is 3.13. The molecule has 0 saturated heterocycles. The summed E-state index contributed by atoms with van der Waals surface area (Å²) in [4.78, 5) is 10.9. The average molecular weight is 277 g/mol. The van der Waals surface area contributed by atoms with Crippen molar-refractivity contribution in [3.63, 3.8) is 0 Å². The Kier molecular flexibility index (Phi) is 4.55. The van der Waals surface area contributed by atoms with Crippen molar-refractivity contribution in [2.75, 3.05) is 13.9 Å². The van der Waals surface area contributed by atoms with Gasteiger partial charge in [0.2, 0.25) is 0 Å². The van der Waals surface area contributed by atoms with Gasteiger partial charge < -0.3 is 9.47 Å². The van der Waals surface area contributed by atoms with Gasteiger partial charge in [0.15, 0.2) is 6.79 Å². The monoisotopic (exact) mass is 276 g/mol. The summed E-state index contributed by atoms with van der Waals surface area (Å²) < 4.78 is 10.4. The smallest absolute Gasteiger partial charge is 0.188 e. The zero-order valence-electron chi connectivity index (χ0n) is 10.4. The first-order chi connectivity index (χ1) is 9.26. The minimum Gasteiger partial charge on any atom is -0.467 e. The molecule has 4 heteroatoms. The van der Waals surface area contributed by atoms with E-state index in [1.807, 2.05) is 24.3 Å². The first-order valence-electron chi connectivity index (χ1n) is 5.72. The maximum Gasteiger partial charge on any atom is 0.188 e. The second-order valence-electron chi connectivity index (χ2n) is 3.90. The van der Waals surface area contributed by atoms with Crippen LogP contribution in [0.25, 0.3) is 11.1 Å². The van der Waals surface area contributed by atoms with Crippen molar-refractivity contribution in [3.05, 3.63) is 53.1 Å². The summed E-state index contributed by atoms with van der Waals surface area (Å²) in [6.07, 6.45) is 0.790. The van der Waals surface area contributed by atoms with E-state index in [2.05, 4.69) is 0 Å². The Morgan fingerprint density at radius 2 is 1.95 bits per heavy atom. The number of para-hydroxylation sites is 1. The number of carbonyl (C=O) groups is 1.